The normalized spacial score (nSPS) is 12.2. The van der Waals surface area contributed by atoms with Crippen LogP contribution < -0.4 is 11.2 Å². The van der Waals surface area contributed by atoms with Crippen LogP contribution in [0.25, 0.3) is 0 Å². The largest absolute Gasteiger partial charge is 0.336 e. The molecule has 0 saturated heterocycles. The first-order chi connectivity index (χ1) is 10.9. The van der Waals surface area contributed by atoms with Gasteiger partial charge in [-0.1, -0.05) is 41.9 Å². The minimum absolute atomic E-state index is 0.223. The van der Waals surface area contributed by atoms with Gasteiger partial charge < -0.3 is 11.2 Å². The van der Waals surface area contributed by atoms with Gasteiger partial charge >= 0.3 is 0 Å². The van der Waals surface area contributed by atoms with Crippen LogP contribution in [-0.4, -0.2) is 26.0 Å². The second-order valence-electron chi connectivity index (χ2n) is 4.89. The van der Waals surface area contributed by atoms with Crippen molar-refractivity contribution >= 4 is 46.6 Å². The Balaban J connectivity index is 2.04. The first-order valence-corrected chi connectivity index (χ1v) is 8.67. The number of thioether (sulfide) groups is 1. The van der Waals surface area contributed by atoms with E-state index in [9.17, 15) is 4.79 Å². The zero-order valence-electron chi connectivity index (χ0n) is 12.7. The Kier molecular flexibility index (Phi) is 6.15. The Morgan fingerprint density at radius 3 is 2.87 bits per heavy atom. The number of anilines is 1. The second kappa shape index (κ2) is 7.90. The van der Waals surface area contributed by atoms with Crippen LogP contribution in [0.4, 0.5) is 5.69 Å². The SMILES string of the molecule is CCCc1nnc(S[C@@H](C)C(=O)Nc2cc(Cl)ccc2Cl)n1N. The Bertz CT molecular complexity index is 706. The number of nitrogens with two attached hydrogens (primary N) is 1. The highest BCUT2D eigenvalue weighted by Gasteiger charge is 2.20. The third-order valence-corrected chi connectivity index (χ3v) is 4.67. The number of aryl methyl sites for hydroxylation is 1. The van der Waals surface area contributed by atoms with Crippen molar-refractivity contribution in [2.75, 3.05) is 11.2 Å². The Morgan fingerprint density at radius 2 is 2.17 bits per heavy atom. The zero-order chi connectivity index (χ0) is 17.0. The molecule has 0 unspecified atom stereocenters. The highest BCUT2D eigenvalue weighted by atomic mass is 35.5. The number of amides is 1. The van der Waals surface area contributed by atoms with Crippen LogP contribution in [0.2, 0.25) is 10.0 Å². The van der Waals surface area contributed by atoms with Crippen molar-refractivity contribution in [3.05, 3.63) is 34.1 Å². The molecule has 2 aromatic rings. The number of rotatable bonds is 6. The predicted molar refractivity (Wildman–Crippen MR) is 94.6 cm³/mol. The molecule has 9 heteroatoms. The minimum Gasteiger partial charge on any atom is -0.336 e. The average Bonchev–Trinajstić information content (AvgIpc) is 2.84. The van der Waals surface area contributed by atoms with Gasteiger partial charge in [0, 0.05) is 11.4 Å². The van der Waals surface area contributed by atoms with Crippen molar-refractivity contribution in [3.63, 3.8) is 0 Å². The maximum Gasteiger partial charge on any atom is 0.237 e. The van der Waals surface area contributed by atoms with Crippen LogP contribution >= 0.6 is 35.0 Å². The van der Waals surface area contributed by atoms with E-state index < -0.39 is 5.25 Å². The standard InChI is InChI=1S/C14H17Cl2N5OS/c1-3-4-12-19-20-14(21(12)17)23-8(2)13(22)18-11-7-9(15)5-6-10(11)16/h5-8H,3-4,17H2,1-2H3,(H,18,22)/t8-/m0/s1. The molecule has 0 aliphatic heterocycles. The number of benzene rings is 1. The number of aromatic nitrogens is 3. The highest BCUT2D eigenvalue weighted by Crippen LogP contribution is 2.27. The number of halogens is 2. The van der Waals surface area contributed by atoms with Crippen LogP contribution in [0.1, 0.15) is 26.1 Å². The van der Waals surface area contributed by atoms with E-state index in [-0.39, 0.29) is 5.91 Å². The third-order valence-electron chi connectivity index (χ3n) is 3.05. The molecule has 0 spiro atoms. The van der Waals surface area contributed by atoms with Crippen LogP contribution in [0.15, 0.2) is 23.4 Å². The third kappa shape index (κ3) is 4.53. The Labute approximate surface area is 148 Å². The van der Waals surface area contributed by atoms with Crippen molar-refractivity contribution in [1.29, 1.82) is 0 Å². The summed E-state index contributed by atoms with van der Waals surface area (Å²) in [5.41, 5.74) is 0.470. The molecular weight excluding hydrogens is 357 g/mol. The summed E-state index contributed by atoms with van der Waals surface area (Å²) in [6.45, 7) is 3.79. The van der Waals surface area contributed by atoms with Crippen molar-refractivity contribution in [1.82, 2.24) is 14.9 Å². The lowest BCUT2D eigenvalue weighted by molar-refractivity contribution is -0.115. The first-order valence-electron chi connectivity index (χ1n) is 7.04. The summed E-state index contributed by atoms with van der Waals surface area (Å²) in [6, 6.07) is 4.89. The second-order valence-corrected chi connectivity index (χ2v) is 7.04. The van der Waals surface area contributed by atoms with Crippen molar-refractivity contribution in [2.45, 2.75) is 37.1 Å². The molecule has 0 radical (unpaired) electrons. The molecule has 1 aromatic heterocycles. The lowest BCUT2D eigenvalue weighted by atomic mass is 10.3. The summed E-state index contributed by atoms with van der Waals surface area (Å²) < 4.78 is 1.42. The minimum atomic E-state index is -0.425. The van der Waals surface area contributed by atoms with Gasteiger partial charge in [0.15, 0.2) is 5.82 Å². The van der Waals surface area contributed by atoms with E-state index >= 15 is 0 Å². The summed E-state index contributed by atoms with van der Waals surface area (Å²) >= 11 is 13.2. The van der Waals surface area contributed by atoms with E-state index in [2.05, 4.69) is 15.5 Å². The molecule has 1 amide bonds. The van der Waals surface area contributed by atoms with Crippen LogP contribution in [-0.2, 0) is 11.2 Å². The van der Waals surface area contributed by atoms with Crippen molar-refractivity contribution in [3.8, 4) is 0 Å². The molecule has 23 heavy (non-hydrogen) atoms. The van der Waals surface area contributed by atoms with E-state index in [0.29, 0.717) is 26.7 Å². The monoisotopic (exact) mass is 373 g/mol. The Morgan fingerprint density at radius 1 is 1.43 bits per heavy atom. The van der Waals surface area contributed by atoms with E-state index in [1.807, 2.05) is 6.92 Å². The average molecular weight is 374 g/mol. The molecule has 124 valence electrons. The van der Waals surface area contributed by atoms with Gasteiger partial charge in [0.25, 0.3) is 0 Å². The van der Waals surface area contributed by atoms with E-state index in [4.69, 9.17) is 29.0 Å². The predicted octanol–water partition coefficient (Wildman–Crippen LogP) is 3.37. The van der Waals surface area contributed by atoms with Gasteiger partial charge in [-0.25, -0.2) is 4.68 Å². The van der Waals surface area contributed by atoms with E-state index in [0.717, 1.165) is 12.8 Å². The van der Waals surface area contributed by atoms with Gasteiger partial charge in [-0.05, 0) is 31.5 Å². The number of hydrogen-bond donors (Lipinski definition) is 2. The molecular formula is C14H17Cl2N5OS. The fraction of sp³-hybridized carbons (Fsp3) is 0.357. The number of hydrogen-bond acceptors (Lipinski definition) is 5. The van der Waals surface area contributed by atoms with Gasteiger partial charge in [0.05, 0.1) is 16.0 Å². The van der Waals surface area contributed by atoms with Crippen LogP contribution in [0.5, 0.6) is 0 Å². The number of nitrogen functional groups attached to an aromatic ring is 1. The van der Waals surface area contributed by atoms with Crippen LogP contribution in [0.3, 0.4) is 0 Å². The quantitative estimate of drug-likeness (QED) is 0.598. The summed E-state index contributed by atoms with van der Waals surface area (Å²) in [7, 11) is 0. The summed E-state index contributed by atoms with van der Waals surface area (Å²) in [5, 5.41) is 11.8. The molecule has 2 rings (SSSR count). The molecule has 1 heterocycles. The fourth-order valence-electron chi connectivity index (χ4n) is 1.82. The number of carbonyl (C=O) groups excluding carboxylic acids is 1. The lowest BCUT2D eigenvalue weighted by Gasteiger charge is -2.12. The lowest BCUT2D eigenvalue weighted by Crippen LogP contribution is -2.24. The maximum atomic E-state index is 12.3. The zero-order valence-corrected chi connectivity index (χ0v) is 15.0. The Hall–Kier alpha value is -1.44. The van der Waals surface area contributed by atoms with Crippen molar-refractivity contribution < 1.29 is 4.79 Å². The van der Waals surface area contributed by atoms with E-state index in [1.54, 1.807) is 25.1 Å². The van der Waals surface area contributed by atoms with Gasteiger partial charge in [0.1, 0.15) is 0 Å². The topological polar surface area (TPSA) is 85.8 Å². The van der Waals surface area contributed by atoms with E-state index in [1.165, 1.54) is 16.4 Å². The highest BCUT2D eigenvalue weighted by molar-refractivity contribution is 8.00. The van der Waals surface area contributed by atoms with Gasteiger partial charge in [-0.15, -0.1) is 10.2 Å². The maximum absolute atomic E-state index is 12.3. The molecule has 1 atom stereocenters. The number of carbonyl (C=O) groups is 1. The summed E-state index contributed by atoms with van der Waals surface area (Å²) in [6.07, 6.45) is 1.66. The molecule has 3 N–H and O–H groups in total. The molecule has 1 aromatic carbocycles. The van der Waals surface area contributed by atoms with Gasteiger partial charge in [-0.3, -0.25) is 4.79 Å². The fourth-order valence-corrected chi connectivity index (χ4v) is 2.95. The molecule has 0 fully saturated rings. The first kappa shape index (κ1) is 17.9. The molecule has 0 aliphatic carbocycles. The summed E-state index contributed by atoms with van der Waals surface area (Å²) in [4.78, 5) is 12.3. The van der Waals surface area contributed by atoms with Gasteiger partial charge in [-0.2, -0.15) is 0 Å². The number of nitrogens with one attached hydrogen (secondary N) is 1. The molecule has 0 bridgehead atoms. The van der Waals surface area contributed by atoms with Crippen LogP contribution in [0, 0.1) is 0 Å². The van der Waals surface area contributed by atoms with Crippen molar-refractivity contribution in [2.24, 2.45) is 0 Å². The summed E-state index contributed by atoms with van der Waals surface area (Å²) in [5.74, 6) is 6.41. The number of nitrogens with zero attached hydrogens (tertiary/aromatic N) is 3. The smallest absolute Gasteiger partial charge is 0.237 e. The molecule has 0 aliphatic rings. The van der Waals surface area contributed by atoms with Gasteiger partial charge in [0.2, 0.25) is 11.1 Å². The molecule has 0 saturated carbocycles. The molecule has 6 nitrogen and oxygen atoms in total.